The van der Waals surface area contributed by atoms with E-state index in [0.717, 1.165) is 41.9 Å². The van der Waals surface area contributed by atoms with Crippen molar-refractivity contribution in [3.05, 3.63) is 29.8 Å². The van der Waals surface area contributed by atoms with Crippen LogP contribution < -0.4 is 4.74 Å². The zero-order valence-electron chi connectivity index (χ0n) is 16.7. The van der Waals surface area contributed by atoms with Gasteiger partial charge in [-0.15, -0.1) is 0 Å². The maximum atomic E-state index is 5.60. The van der Waals surface area contributed by atoms with Crippen LogP contribution in [0.5, 0.6) is 5.75 Å². The monoisotopic (exact) mass is 342 g/mol. The Hall–Kier alpha value is -0.980. The molecule has 1 aromatic carbocycles. The molecule has 0 saturated heterocycles. The molecule has 140 valence electrons. The SMILES string of the molecule is CCCC1CCC(C2CC[C@@H](c3ccc(OCC)cc3)[C@H](C)C2)CC1. The first-order valence-corrected chi connectivity index (χ1v) is 10.9. The van der Waals surface area contributed by atoms with E-state index in [2.05, 4.69) is 38.1 Å². The molecule has 1 nitrogen and oxygen atoms in total. The van der Waals surface area contributed by atoms with E-state index in [4.69, 9.17) is 4.74 Å². The zero-order valence-corrected chi connectivity index (χ0v) is 16.7. The van der Waals surface area contributed by atoms with Gasteiger partial charge in [0.2, 0.25) is 0 Å². The first kappa shape index (κ1) is 18.8. The van der Waals surface area contributed by atoms with Gasteiger partial charge in [0.1, 0.15) is 5.75 Å². The largest absolute Gasteiger partial charge is 0.494 e. The zero-order chi connectivity index (χ0) is 17.6. The molecule has 2 aliphatic carbocycles. The number of rotatable bonds is 6. The van der Waals surface area contributed by atoms with Crippen LogP contribution in [0, 0.1) is 23.7 Å². The minimum absolute atomic E-state index is 0.751. The van der Waals surface area contributed by atoms with Gasteiger partial charge in [-0.2, -0.15) is 0 Å². The van der Waals surface area contributed by atoms with Crippen LogP contribution in [0.1, 0.15) is 90.0 Å². The van der Waals surface area contributed by atoms with Crippen LogP contribution >= 0.6 is 0 Å². The molecule has 0 aromatic heterocycles. The lowest BCUT2D eigenvalue weighted by atomic mass is 9.65. The fourth-order valence-electron chi connectivity index (χ4n) is 5.70. The Morgan fingerprint density at radius 3 is 2.16 bits per heavy atom. The van der Waals surface area contributed by atoms with E-state index < -0.39 is 0 Å². The molecule has 1 aromatic rings. The first-order valence-electron chi connectivity index (χ1n) is 10.9. The Kier molecular flexibility index (Phi) is 6.84. The topological polar surface area (TPSA) is 9.23 Å². The van der Waals surface area contributed by atoms with Crippen LogP contribution in [0.4, 0.5) is 0 Å². The number of hydrogen-bond donors (Lipinski definition) is 0. The second-order valence-corrected chi connectivity index (χ2v) is 8.73. The third kappa shape index (κ3) is 4.80. The van der Waals surface area contributed by atoms with Crippen molar-refractivity contribution >= 4 is 0 Å². The van der Waals surface area contributed by atoms with Gasteiger partial charge in [-0.3, -0.25) is 0 Å². The molecule has 3 atom stereocenters. The third-order valence-electron chi connectivity index (χ3n) is 7.08. The summed E-state index contributed by atoms with van der Waals surface area (Å²) in [6.45, 7) is 7.64. The fourth-order valence-corrected chi connectivity index (χ4v) is 5.70. The minimum atomic E-state index is 0.751. The van der Waals surface area contributed by atoms with Crippen molar-refractivity contribution in [2.24, 2.45) is 23.7 Å². The van der Waals surface area contributed by atoms with Crippen LogP contribution in [-0.2, 0) is 0 Å². The van der Waals surface area contributed by atoms with Gasteiger partial charge in [-0.05, 0) is 86.3 Å². The fraction of sp³-hybridized carbons (Fsp3) is 0.750. The molecular formula is C24H38O. The van der Waals surface area contributed by atoms with Gasteiger partial charge >= 0.3 is 0 Å². The highest BCUT2D eigenvalue weighted by Gasteiger charge is 2.34. The van der Waals surface area contributed by atoms with E-state index in [-0.39, 0.29) is 0 Å². The average molecular weight is 343 g/mol. The van der Waals surface area contributed by atoms with Gasteiger partial charge in [-0.1, -0.05) is 51.7 Å². The van der Waals surface area contributed by atoms with Crippen LogP contribution in [0.3, 0.4) is 0 Å². The molecule has 0 amide bonds. The molecule has 0 spiro atoms. The van der Waals surface area contributed by atoms with Crippen molar-refractivity contribution in [2.75, 3.05) is 6.61 Å². The molecule has 1 heteroatoms. The Morgan fingerprint density at radius 1 is 0.880 bits per heavy atom. The van der Waals surface area contributed by atoms with Crippen molar-refractivity contribution in [1.82, 2.24) is 0 Å². The van der Waals surface area contributed by atoms with Crippen molar-refractivity contribution in [3.63, 3.8) is 0 Å². The maximum absolute atomic E-state index is 5.60. The molecule has 2 saturated carbocycles. The quantitative estimate of drug-likeness (QED) is 0.530. The second-order valence-electron chi connectivity index (χ2n) is 8.73. The van der Waals surface area contributed by atoms with Crippen LogP contribution in [0.25, 0.3) is 0 Å². The van der Waals surface area contributed by atoms with Crippen LogP contribution in [0.15, 0.2) is 24.3 Å². The summed E-state index contributed by atoms with van der Waals surface area (Å²) < 4.78 is 5.60. The summed E-state index contributed by atoms with van der Waals surface area (Å²) in [5.74, 6) is 5.65. The van der Waals surface area contributed by atoms with Gasteiger partial charge in [0.25, 0.3) is 0 Å². The highest BCUT2D eigenvalue weighted by molar-refractivity contribution is 5.30. The molecule has 0 bridgehead atoms. The number of ether oxygens (including phenoxy) is 1. The predicted octanol–water partition coefficient (Wildman–Crippen LogP) is 7.21. The van der Waals surface area contributed by atoms with E-state index >= 15 is 0 Å². The maximum Gasteiger partial charge on any atom is 0.119 e. The highest BCUT2D eigenvalue weighted by atomic mass is 16.5. The van der Waals surface area contributed by atoms with E-state index in [1.807, 2.05) is 6.92 Å². The number of hydrogen-bond acceptors (Lipinski definition) is 1. The van der Waals surface area contributed by atoms with E-state index in [1.54, 1.807) is 0 Å². The molecule has 0 heterocycles. The normalized spacial score (nSPS) is 33.2. The molecule has 3 rings (SSSR count). The lowest BCUT2D eigenvalue weighted by Gasteiger charge is -2.41. The van der Waals surface area contributed by atoms with Crippen molar-refractivity contribution in [2.45, 2.75) is 84.5 Å². The van der Waals surface area contributed by atoms with Crippen molar-refractivity contribution in [3.8, 4) is 5.75 Å². The molecule has 0 radical (unpaired) electrons. The Bertz CT molecular complexity index is 497. The van der Waals surface area contributed by atoms with Gasteiger partial charge < -0.3 is 4.74 Å². The van der Waals surface area contributed by atoms with E-state index in [1.165, 1.54) is 63.4 Å². The average Bonchev–Trinajstić information content (AvgIpc) is 2.64. The van der Waals surface area contributed by atoms with Crippen molar-refractivity contribution in [1.29, 1.82) is 0 Å². The second kappa shape index (κ2) is 9.10. The summed E-state index contributed by atoms with van der Waals surface area (Å²) in [6, 6.07) is 8.93. The molecular weight excluding hydrogens is 304 g/mol. The van der Waals surface area contributed by atoms with Crippen molar-refractivity contribution < 1.29 is 4.74 Å². The summed E-state index contributed by atoms with van der Waals surface area (Å²) >= 11 is 0. The predicted molar refractivity (Wildman–Crippen MR) is 107 cm³/mol. The van der Waals surface area contributed by atoms with Gasteiger partial charge in [-0.25, -0.2) is 0 Å². The Labute approximate surface area is 155 Å². The molecule has 1 unspecified atom stereocenters. The molecule has 2 fully saturated rings. The molecule has 0 N–H and O–H groups in total. The smallest absolute Gasteiger partial charge is 0.119 e. The Morgan fingerprint density at radius 2 is 1.56 bits per heavy atom. The number of benzene rings is 1. The highest BCUT2D eigenvalue weighted by Crippen LogP contribution is 2.47. The summed E-state index contributed by atoms with van der Waals surface area (Å²) in [7, 11) is 0. The van der Waals surface area contributed by atoms with E-state index in [9.17, 15) is 0 Å². The minimum Gasteiger partial charge on any atom is -0.494 e. The summed E-state index contributed by atoms with van der Waals surface area (Å²) in [4.78, 5) is 0. The summed E-state index contributed by atoms with van der Waals surface area (Å²) in [6.07, 6.45) is 13.1. The Balaban J connectivity index is 1.52. The molecule has 0 aliphatic heterocycles. The van der Waals surface area contributed by atoms with Crippen LogP contribution in [0.2, 0.25) is 0 Å². The van der Waals surface area contributed by atoms with E-state index in [0.29, 0.717) is 0 Å². The third-order valence-corrected chi connectivity index (χ3v) is 7.08. The van der Waals surface area contributed by atoms with Gasteiger partial charge in [0.05, 0.1) is 6.61 Å². The summed E-state index contributed by atoms with van der Waals surface area (Å²) in [5, 5.41) is 0. The molecule has 25 heavy (non-hydrogen) atoms. The standard InChI is InChI=1S/C24H38O/c1-4-6-19-7-9-20(10-8-19)22-13-16-24(18(3)17-22)21-11-14-23(15-12-21)25-5-2/h11-12,14-15,18-20,22,24H,4-10,13,16-17H2,1-3H3/t18-,19?,20?,22?,24-/m1/s1. The van der Waals surface area contributed by atoms with Gasteiger partial charge in [0.15, 0.2) is 0 Å². The van der Waals surface area contributed by atoms with Crippen LogP contribution in [-0.4, -0.2) is 6.61 Å². The van der Waals surface area contributed by atoms with Gasteiger partial charge in [0, 0.05) is 0 Å². The first-order chi connectivity index (χ1) is 12.2. The summed E-state index contributed by atoms with van der Waals surface area (Å²) in [5.41, 5.74) is 1.53. The molecule has 2 aliphatic rings. The lowest BCUT2D eigenvalue weighted by molar-refractivity contribution is 0.130. The lowest BCUT2D eigenvalue weighted by Crippen LogP contribution is -2.29.